The fourth-order valence-electron chi connectivity index (χ4n) is 7.91. The van der Waals surface area contributed by atoms with Crippen LogP contribution in [-0.2, 0) is 23.9 Å². The Morgan fingerprint density at radius 3 is 2.51 bits per heavy atom. The molecule has 4 aliphatic rings. The number of carbonyl (C=O) groups is 4. The first-order valence-corrected chi connectivity index (χ1v) is 14.0. The molecule has 0 aliphatic heterocycles. The van der Waals surface area contributed by atoms with E-state index in [9.17, 15) is 29.4 Å². The molecule has 4 rings (SSSR count). The number of ketones is 2. The summed E-state index contributed by atoms with van der Waals surface area (Å²) in [5.41, 5.74) is -3.45. The molecule has 0 saturated heterocycles. The second kappa shape index (κ2) is 9.70. The molecule has 4 aliphatic carbocycles. The Morgan fingerprint density at radius 2 is 1.87 bits per heavy atom. The third-order valence-corrected chi connectivity index (χ3v) is 10.7. The van der Waals surface area contributed by atoms with Crippen molar-refractivity contribution in [3.05, 3.63) is 23.8 Å². The zero-order valence-corrected chi connectivity index (χ0v) is 24.3. The van der Waals surface area contributed by atoms with Crippen LogP contribution in [-0.4, -0.2) is 69.2 Å². The van der Waals surface area contributed by atoms with Crippen molar-refractivity contribution in [3.63, 3.8) is 0 Å². The van der Waals surface area contributed by atoms with Gasteiger partial charge in [0.15, 0.2) is 12.4 Å². The summed E-state index contributed by atoms with van der Waals surface area (Å²) in [6.07, 6.45) is 4.89. The minimum atomic E-state index is -1.86. The fraction of sp³-hybridized carbons (Fsp3) is 0.724. The molecule has 0 radical (unpaired) electrons. The van der Waals surface area contributed by atoms with Crippen molar-refractivity contribution in [1.82, 2.24) is 5.32 Å². The number of fused-ring (bicyclic) bond motifs is 5. The minimum absolute atomic E-state index is 0.0725. The highest BCUT2D eigenvalue weighted by atomic mass is 35.5. The van der Waals surface area contributed by atoms with Crippen molar-refractivity contribution in [2.24, 2.45) is 28.6 Å². The number of hydrogen-bond donors (Lipinski definition) is 3. The number of ether oxygens (including phenoxy) is 2. The molecule has 9 nitrogen and oxygen atoms in total. The quantitative estimate of drug-likeness (QED) is 0.341. The normalized spacial score (nSPS) is 41.1. The Hall–Kier alpha value is -2.23. The van der Waals surface area contributed by atoms with Gasteiger partial charge >= 0.3 is 12.1 Å². The number of alkyl carbamates (subject to hydrolysis) is 1. The Labute approximate surface area is 234 Å². The van der Waals surface area contributed by atoms with Crippen molar-refractivity contribution in [3.8, 4) is 0 Å². The first-order valence-electron chi connectivity index (χ1n) is 13.6. The molecule has 0 aromatic rings. The first kappa shape index (κ1) is 29.7. The maximum absolute atomic E-state index is 13.5. The average Bonchev–Trinajstić information content (AvgIpc) is 3.03. The van der Waals surface area contributed by atoms with Crippen molar-refractivity contribution in [2.75, 3.05) is 13.2 Å². The van der Waals surface area contributed by atoms with Gasteiger partial charge in [0.05, 0.1) is 11.0 Å². The van der Waals surface area contributed by atoms with E-state index in [1.807, 2.05) is 13.8 Å². The van der Waals surface area contributed by atoms with Gasteiger partial charge in [0.1, 0.15) is 17.7 Å². The number of carbonyl (C=O) groups excluding carboxylic acids is 4. The average molecular weight is 566 g/mol. The number of aliphatic hydroxyl groups excluding tert-OH is 1. The maximum Gasteiger partial charge on any atom is 0.408 e. The van der Waals surface area contributed by atoms with Gasteiger partial charge in [-0.15, -0.1) is 11.6 Å². The number of Topliss-reactive ketones (excluding diaryl/α,β-unsaturated/α-hetero) is 1. The van der Waals surface area contributed by atoms with Gasteiger partial charge in [-0.3, -0.25) is 14.4 Å². The van der Waals surface area contributed by atoms with E-state index in [-0.39, 0.29) is 24.0 Å². The van der Waals surface area contributed by atoms with Crippen LogP contribution in [0.15, 0.2) is 23.8 Å². The summed E-state index contributed by atoms with van der Waals surface area (Å²) < 4.78 is 10.2. The lowest BCUT2D eigenvalue weighted by atomic mass is 9.45. The molecule has 0 heterocycles. The highest BCUT2D eigenvalue weighted by molar-refractivity contribution is 6.26. The molecule has 216 valence electrons. The van der Waals surface area contributed by atoms with E-state index in [4.69, 9.17) is 21.1 Å². The molecule has 39 heavy (non-hydrogen) atoms. The second-order valence-electron chi connectivity index (χ2n) is 13.1. The number of aliphatic hydroxyl groups is 2. The third-order valence-electron chi connectivity index (χ3n) is 9.79. The standard InChI is InChI=1S/C29H40ClNO8/c1-16-11-20-19-8-7-17-12-18(32)9-10-26(17,5)28(19,30)21(33)13-27(20,6)29(16,37)22(34)15-38-23(35)14-31-24(36)39-25(2,3)4/h9-10,12,16,19-21,33,37H,7-8,11,13-15H2,1-6H3,(H,31,36)/t16-,19-,20-,21-,26-,27-,28?,29-/m0/s1. The van der Waals surface area contributed by atoms with Gasteiger partial charge in [-0.25, -0.2) is 4.79 Å². The van der Waals surface area contributed by atoms with Crippen LogP contribution in [0.3, 0.4) is 0 Å². The Balaban J connectivity index is 1.51. The van der Waals surface area contributed by atoms with E-state index in [0.29, 0.717) is 19.3 Å². The van der Waals surface area contributed by atoms with Gasteiger partial charge in [-0.2, -0.15) is 0 Å². The first-order chi connectivity index (χ1) is 17.9. The van der Waals surface area contributed by atoms with Crippen LogP contribution in [0.5, 0.6) is 0 Å². The maximum atomic E-state index is 13.5. The molecule has 10 heteroatoms. The number of rotatable bonds is 5. The van der Waals surface area contributed by atoms with E-state index < -0.39 is 69.9 Å². The van der Waals surface area contributed by atoms with Gasteiger partial charge in [-0.05, 0) is 76.4 Å². The van der Waals surface area contributed by atoms with Crippen LogP contribution in [0.25, 0.3) is 0 Å². The number of halogens is 1. The summed E-state index contributed by atoms with van der Waals surface area (Å²) >= 11 is 7.41. The van der Waals surface area contributed by atoms with Crippen molar-refractivity contribution < 1.29 is 38.9 Å². The topological polar surface area (TPSA) is 139 Å². The summed E-state index contributed by atoms with van der Waals surface area (Å²) in [5.74, 6) is -2.47. The molecule has 3 saturated carbocycles. The fourth-order valence-corrected chi connectivity index (χ4v) is 8.43. The molecule has 1 unspecified atom stereocenters. The van der Waals surface area contributed by atoms with Crippen LogP contribution in [0.4, 0.5) is 4.79 Å². The van der Waals surface area contributed by atoms with Crippen molar-refractivity contribution in [2.45, 2.75) is 89.4 Å². The van der Waals surface area contributed by atoms with E-state index in [1.165, 1.54) is 6.08 Å². The van der Waals surface area contributed by atoms with Crippen LogP contribution < -0.4 is 5.32 Å². The van der Waals surface area contributed by atoms with Gasteiger partial charge < -0.3 is 25.0 Å². The summed E-state index contributed by atoms with van der Waals surface area (Å²) in [5, 5.41) is 25.9. The number of amides is 1. The molecular weight excluding hydrogens is 526 g/mol. The van der Waals surface area contributed by atoms with Crippen LogP contribution >= 0.6 is 11.6 Å². The number of nitrogens with one attached hydrogen (secondary N) is 1. The number of allylic oxidation sites excluding steroid dienone is 4. The molecule has 0 spiro atoms. The van der Waals surface area contributed by atoms with Crippen LogP contribution in [0.2, 0.25) is 0 Å². The summed E-state index contributed by atoms with van der Waals surface area (Å²) in [6, 6.07) is 0. The van der Waals surface area contributed by atoms with E-state index in [2.05, 4.69) is 5.32 Å². The molecule has 8 atom stereocenters. The molecule has 0 bridgehead atoms. The predicted octanol–water partition coefficient (Wildman–Crippen LogP) is 3.24. The van der Waals surface area contributed by atoms with E-state index in [0.717, 1.165) is 5.57 Å². The van der Waals surface area contributed by atoms with E-state index >= 15 is 0 Å². The largest absolute Gasteiger partial charge is 0.456 e. The SMILES string of the molecule is C[C@H]1C[C@H]2[C@@H]3CCC4=CC(=O)C=C[C@]4(C)C3(Cl)[C@@H](O)C[C@]2(C)[C@@]1(O)C(=O)COC(=O)CNC(=O)OC(C)(C)C. The summed E-state index contributed by atoms with van der Waals surface area (Å²) in [7, 11) is 0. The van der Waals surface area contributed by atoms with Crippen molar-refractivity contribution in [1.29, 1.82) is 0 Å². The Morgan fingerprint density at radius 1 is 1.21 bits per heavy atom. The monoisotopic (exact) mass is 565 g/mol. The van der Waals surface area contributed by atoms with Gasteiger partial charge in [0.25, 0.3) is 0 Å². The number of hydrogen-bond acceptors (Lipinski definition) is 8. The van der Waals surface area contributed by atoms with E-state index in [1.54, 1.807) is 39.8 Å². The molecule has 0 aromatic carbocycles. The minimum Gasteiger partial charge on any atom is -0.456 e. The molecule has 3 fully saturated rings. The molecule has 1 amide bonds. The number of alkyl halides is 1. The van der Waals surface area contributed by atoms with Crippen molar-refractivity contribution >= 4 is 35.2 Å². The highest BCUT2D eigenvalue weighted by Gasteiger charge is 2.74. The van der Waals surface area contributed by atoms with Gasteiger partial charge in [-0.1, -0.05) is 32.4 Å². The Bertz CT molecular complexity index is 1140. The predicted molar refractivity (Wildman–Crippen MR) is 143 cm³/mol. The van der Waals surface area contributed by atoms with Crippen LogP contribution in [0.1, 0.15) is 67.2 Å². The second-order valence-corrected chi connectivity index (χ2v) is 13.7. The zero-order valence-electron chi connectivity index (χ0n) is 23.5. The third kappa shape index (κ3) is 4.54. The van der Waals surface area contributed by atoms with Crippen LogP contribution in [0, 0.1) is 28.6 Å². The number of esters is 1. The lowest BCUT2D eigenvalue weighted by molar-refractivity contribution is -0.182. The van der Waals surface area contributed by atoms with Gasteiger partial charge in [0, 0.05) is 10.8 Å². The highest BCUT2D eigenvalue weighted by Crippen LogP contribution is 2.71. The molecular formula is C29H40ClNO8. The smallest absolute Gasteiger partial charge is 0.408 e. The Kier molecular flexibility index (Phi) is 7.40. The van der Waals surface area contributed by atoms with Gasteiger partial charge in [0.2, 0.25) is 5.78 Å². The molecule has 3 N–H and O–H groups in total. The summed E-state index contributed by atoms with van der Waals surface area (Å²) in [4.78, 5) is 48.5. The summed E-state index contributed by atoms with van der Waals surface area (Å²) in [6.45, 7) is 9.47. The lowest BCUT2D eigenvalue weighted by Gasteiger charge is -2.63. The lowest BCUT2D eigenvalue weighted by Crippen LogP contribution is -2.69. The molecule has 0 aromatic heterocycles. The zero-order chi connectivity index (χ0) is 29.2.